The van der Waals surface area contributed by atoms with Crippen LogP contribution in [0.3, 0.4) is 0 Å². The highest BCUT2D eigenvalue weighted by Crippen LogP contribution is 2.45. The van der Waals surface area contributed by atoms with Crippen LogP contribution in [-0.4, -0.2) is 96.7 Å². The first-order chi connectivity index (χ1) is 48.7. The Morgan fingerprint density at radius 2 is 0.560 bits per heavy atom. The molecule has 0 aromatic carbocycles. The van der Waals surface area contributed by atoms with E-state index in [4.69, 9.17) is 37.0 Å². The molecule has 0 spiro atoms. The second-order valence-corrected chi connectivity index (χ2v) is 27.4. The fourth-order valence-corrected chi connectivity index (χ4v) is 11.0. The number of carbonyl (C=O) groups is 4. The monoisotopic (exact) mass is 1440 g/mol. The second kappa shape index (κ2) is 72.0. The van der Waals surface area contributed by atoms with Crippen LogP contribution in [0, 0.1) is 0 Å². The number of allylic oxidation sites excluding steroid dienone is 25. The first kappa shape index (κ1) is 94.7. The zero-order chi connectivity index (χ0) is 73.2. The van der Waals surface area contributed by atoms with Gasteiger partial charge in [0, 0.05) is 19.3 Å². The number of esters is 4. The van der Waals surface area contributed by atoms with Crippen molar-refractivity contribution in [2.24, 2.45) is 0 Å². The van der Waals surface area contributed by atoms with Crippen LogP contribution in [0.1, 0.15) is 272 Å². The molecule has 0 bridgehead atoms. The van der Waals surface area contributed by atoms with Crippen molar-refractivity contribution in [1.29, 1.82) is 0 Å². The molecule has 0 fully saturated rings. The Kier molecular flexibility index (Phi) is 68.2. The van der Waals surface area contributed by atoms with E-state index in [2.05, 4.69) is 161 Å². The SMILES string of the molecule is CC/C=C\C/C=C\C/C=C\C/C=C\C/C=C\CCCCCC(=O)OCC(COP(=O)(O)OCC(O)COP(=O)(O)OCC(COC(=O)C/C=C\C/C=C\C/C=C\C/C=C\C/C=C\CC)OC(=O)CCCCCCCCCCCCC)OC(=O)CCCCCCC/C=C\C/C=C\C/C=C\CC. The molecule has 0 rings (SSSR count). The fraction of sp³-hybridized carbons (Fsp3) is 0.630. The number of hydrogen-bond acceptors (Lipinski definition) is 15. The Hall–Kier alpha value is -5.32. The third-order valence-corrected chi connectivity index (χ3v) is 16.9. The summed E-state index contributed by atoms with van der Waals surface area (Å²) in [7, 11) is -9.99. The Bertz CT molecular complexity index is 2520. The summed E-state index contributed by atoms with van der Waals surface area (Å²) >= 11 is 0. The predicted octanol–water partition coefficient (Wildman–Crippen LogP) is 21.7. The van der Waals surface area contributed by atoms with Crippen LogP contribution in [0.5, 0.6) is 0 Å². The molecule has 568 valence electrons. The Labute approximate surface area is 604 Å². The zero-order valence-electron chi connectivity index (χ0n) is 61.8. The van der Waals surface area contributed by atoms with E-state index in [0.717, 1.165) is 154 Å². The van der Waals surface area contributed by atoms with Gasteiger partial charge in [0.2, 0.25) is 0 Å². The molecule has 3 N–H and O–H groups in total. The Morgan fingerprint density at radius 3 is 0.900 bits per heavy atom. The van der Waals surface area contributed by atoms with Crippen molar-refractivity contribution < 1.29 is 80.2 Å². The highest BCUT2D eigenvalue weighted by atomic mass is 31.2. The predicted molar refractivity (Wildman–Crippen MR) is 408 cm³/mol. The Balaban J connectivity index is 5.45. The van der Waals surface area contributed by atoms with Crippen LogP contribution in [0.2, 0.25) is 0 Å². The molecule has 0 aliphatic carbocycles. The van der Waals surface area contributed by atoms with Crippen molar-refractivity contribution in [2.45, 2.75) is 290 Å². The summed E-state index contributed by atoms with van der Waals surface area (Å²) in [5, 5.41) is 10.6. The van der Waals surface area contributed by atoms with Gasteiger partial charge in [-0.25, -0.2) is 9.13 Å². The van der Waals surface area contributed by atoms with E-state index >= 15 is 0 Å². The molecule has 0 saturated heterocycles. The van der Waals surface area contributed by atoms with Gasteiger partial charge in [-0.05, 0) is 128 Å². The molecule has 0 aliphatic heterocycles. The number of hydrogen-bond donors (Lipinski definition) is 3. The molecular formula is C81H132O17P2. The van der Waals surface area contributed by atoms with Crippen LogP contribution < -0.4 is 0 Å². The van der Waals surface area contributed by atoms with Gasteiger partial charge in [0.05, 0.1) is 32.8 Å². The molecule has 0 aromatic rings. The van der Waals surface area contributed by atoms with Crippen molar-refractivity contribution in [3.8, 4) is 0 Å². The maximum absolute atomic E-state index is 13.1. The summed E-state index contributed by atoms with van der Waals surface area (Å²) in [6.07, 6.45) is 82.7. The lowest BCUT2D eigenvalue weighted by Crippen LogP contribution is -2.30. The van der Waals surface area contributed by atoms with Gasteiger partial charge in [-0.3, -0.25) is 37.3 Å². The number of unbranched alkanes of at least 4 members (excludes halogenated alkanes) is 18. The number of rotatable bonds is 69. The van der Waals surface area contributed by atoms with Crippen LogP contribution in [-0.2, 0) is 65.4 Å². The van der Waals surface area contributed by atoms with Gasteiger partial charge in [0.25, 0.3) is 0 Å². The number of aliphatic hydroxyl groups excluding tert-OH is 1. The lowest BCUT2D eigenvalue weighted by atomic mass is 10.1. The molecule has 19 heteroatoms. The summed E-state index contributed by atoms with van der Waals surface area (Å²) in [6, 6.07) is 0. The average Bonchev–Trinajstić information content (AvgIpc) is 0.985. The number of aliphatic hydroxyl groups is 1. The minimum atomic E-state index is -5.00. The third-order valence-electron chi connectivity index (χ3n) is 15.0. The van der Waals surface area contributed by atoms with Crippen LogP contribution in [0.25, 0.3) is 0 Å². The topological polar surface area (TPSA) is 237 Å². The summed E-state index contributed by atoms with van der Waals surface area (Å²) in [6.45, 7) is 4.33. The van der Waals surface area contributed by atoms with Crippen molar-refractivity contribution >= 4 is 39.5 Å². The summed E-state index contributed by atoms with van der Waals surface area (Å²) in [5.41, 5.74) is 0. The highest BCUT2D eigenvalue weighted by molar-refractivity contribution is 7.47. The molecule has 5 atom stereocenters. The lowest BCUT2D eigenvalue weighted by Gasteiger charge is -2.21. The normalized spacial score (nSPS) is 14.8. The van der Waals surface area contributed by atoms with Crippen LogP contribution in [0.15, 0.2) is 158 Å². The number of phosphoric ester groups is 2. The molecule has 17 nitrogen and oxygen atoms in total. The molecular weight excluding hydrogens is 1310 g/mol. The summed E-state index contributed by atoms with van der Waals surface area (Å²) in [4.78, 5) is 72.7. The van der Waals surface area contributed by atoms with E-state index in [1.807, 2.05) is 18.2 Å². The maximum atomic E-state index is 13.1. The molecule has 0 amide bonds. The molecule has 0 aliphatic rings. The first-order valence-corrected chi connectivity index (χ1v) is 40.7. The van der Waals surface area contributed by atoms with Gasteiger partial charge in [-0.15, -0.1) is 0 Å². The quantitative estimate of drug-likeness (QED) is 0.0169. The number of carbonyl (C=O) groups excluding carboxylic acids is 4. The van der Waals surface area contributed by atoms with E-state index in [9.17, 15) is 43.2 Å². The molecule has 0 aromatic heterocycles. The zero-order valence-corrected chi connectivity index (χ0v) is 63.6. The summed E-state index contributed by atoms with van der Waals surface area (Å²) in [5.74, 6) is -2.39. The van der Waals surface area contributed by atoms with Gasteiger partial charge in [-0.2, -0.15) is 0 Å². The molecule has 100 heavy (non-hydrogen) atoms. The molecule has 0 saturated carbocycles. The smallest absolute Gasteiger partial charge is 0.462 e. The van der Waals surface area contributed by atoms with Crippen LogP contribution in [0.4, 0.5) is 0 Å². The van der Waals surface area contributed by atoms with Gasteiger partial charge >= 0.3 is 39.5 Å². The van der Waals surface area contributed by atoms with Crippen molar-refractivity contribution in [3.05, 3.63) is 158 Å². The Morgan fingerprint density at radius 1 is 0.300 bits per heavy atom. The minimum absolute atomic E-state index is 0.0606. The molecule has 0 heterocycles. The molecule has 5 unspecified atom stereocenters. The standard InChI is InChI=1S/C81H132O17P2/c1-5-9-13-17-21-25-29-32-35-36-37-38-41-43-47-50-54-58-62-66-79(84)92-72-77(98-81(86)68-64-60-56-52-48-44-40-34-31-27-23-19-15-11-7-3)74-96-100(89,90)94-70-75(82)69-93-99(87,88)95-73-76(97-80(85)67-63-59-55-51-45-28-24-20-16-12-8-4)71-91-78(83)65-61-57-53-49-46-42-39-33-30-26-22-18-14-10-6-2/h9-11,13-15,21-23,25-27,32-35,37-40,43,46-47,49,57,61,75-77,82H,5-8,12,16-20,24,28-31,36,41-42,44-45,48,50-56,58-60,62-74H2,1-4H3,(H,87,88)(H,89,90)/b13-9-,14-10-,15-11-,25-21-,26-22-,27-23-,35-32-,38-37-,39-33-,40-34-,47-43-,49-46-,61-57-. The fourth-order valence-electron chi connectivity index (χ4n) is 9.39. The second-order valence-electron chi connectivity index (χ2n) is 24.5. The maximum Gasteiger partial charge on any atom is 0.472 e. The van der Waals surface area contributed by atoms with Gasteiger partial charge in [0.1, 0.15) is 19.3 Å². The van der Waals surface area contributed by atoms with E-state index in [-0.39, 0.29) is 25.7 Å². The van der Waals surface area contributed by atoms with Crippen LogP contribution >= 0.6 is 15.6 Å². The summed E-state index contributed by atoms with van der Waals surface area (Å²) < 4.78 is 68.3. The highest BCUT2D eigenvalue weighted by Gasteiger charge is 2.30. The van der Waals surface area contributed by atoms with E-state index in [1.165, 1.54) is 38.5 Å². The lowest BCUT2D eigenvalue weighted by molar-refractivity contribution is -0.161. The minimum Gasteiger partial charge on any atom is -0.462 e. The number of phosphoric acid groups is 2. The largest absolute Gasteiger partial charge is 0.472 e. The van der Waals surface area contributed by atoms with E-state index in [1.54, 1.807) is 6.08 Å². The van der Waals surface area contributed by atoms with Crippen molar-refractivity contribution in [1.82, 2.24) is 0 Å². The third kappa shape index (κ3) is 71.1. The molecule has 0 radical (unpaired) electrons. The van der Waals surface area contributed by atoms with Crippen molar-refractivity contribution in [3.63, 3.8) is 0 Å². The van der Waals surface area contributed by atoms with Crippen molar-refractivity contribution in [2.75, 3.05) is 39.6 Å². The van der Waals surface area contributed by atoms with E-state index in [0.29, 0.717) is 25.7 Å². The van der Waals surface area contributed by atoms with E-state index < -0.39 is 97.5 Å². The average molecular weight is 1440 g/mol. The first-order valence-electron chi connectivity index (χ1n) is 37.7. The van der Waals surface area contributed by atoms with Gasteiger partial charge in [0.15, 0.2) is 12.2 Å². The number of ether oxygens (including phenoxy) is 4. The van der Waals surface area contributed by atoms with Gasteiger partial charge in [-0.1, -0.05) is 276 Å². The van der Waals surface area contributed by atoms with Gasteiger partial charge < -0.3 is 33.8 Å².